The van der Waals surface area contributed by atoms with Crippen LogP contribution in [0.25, 0.3) is 11.3 Å². The predicted octanol–water partition coefficient (Wildman–Crippen LogP) is 3.80. The summed E-state index contributed by atoms with van der Waals surface area (Å²) >= 11 is 1.31. The van der Waals surface area contributed by atoms with Crippen LogP contribution in [0.2, 0.25) is 0 Å². The second-order valence-electron chi connectivity index (χ2n) is 6.06. The molecule has 2 N–H and O–H groups in total. The summed E-state index contributed by atoms with van der Waals surface area (Å²) in [5.74, 6) is -0.450. The van der Waals surface area contributed by atoms with E-state index in [1.54, 1.807) is 0 Å². The molecule has 1 saturated heterocycles. The summed E-state index contributed by atoms with van der Waals surface area (Å²) in [7, 11) is 1.16. The summed E-state index contributed by atoms with van der Waals surface area (Å²) in [6.45, 7) is 3.74. The second-order valence-corrected chi connectivity index (χ2v) is 7.18. The van der Waals surface area contributed by atoms with Gasteiger partial charge in [0.15, 0.2) is 5.13 Å². The van der Waals surface area contributed by atoms with E-state index >= 15 is 0 Å². The summed E-state index contributed by atoms with van der Waals surface area (Å²) in [5, 5.41) is 0.334. The van der Waals surface area contributed by atoms with Gasteiger partial charge in [0.1, 0.15) is 5.56 Å². The van der Waals surface area contributed by atoms with E-state index in [0.717, 1.165) is 37.4 Å². The maximum atomic E-state index is 13.2. The third kappa shape index (κ3) is 3.72. The van der Waals surface area contributed by atoms with Crippen molar-refractivity contribution in [2.75, 3.05) is 19.4 Å². The van der Waals surface area contributed by atoms with Gasteiger partial charge in [0.2, 0.25) is 5.88 Å². The number of rotatable bonds is 4. The Balaban J connectivity index is 1.99. The Labute approximate surface area is 147 Å². The van der Waals surface area contributed by atoms with Gasteiger partial charge in [-0.25, -0.2) is 9.97 Å². The molecule has 0 aliphatic carbocycles. The van der Waals surface area contributed by atoms with E-state index in [1.165, 1.54) is 17.5 Å². The zero-order valence-corrected chi connectivity index (χ0v) is 14.7. The zero-order chi connectivity index (χ0) is 18.2. The number of hydrogen-bond donors (Lipinski definition) is 1. The second kappa shape index (κ2) is 6.80. The standard InChI is InChI=1S/C16H19F3N4OS/c1-9-4-3-5-23(9)8-12-13(22-15(20)25-12)10-6-11(16(17,18)19)14(24-2)21-7-10/h6-7,9H,3-5,8H2,1-2H3,(H2,20,22)/t9-/m1/s1. The fourth-order valence-electron chi connectivity index (χ4n) is 3.06. The molecule has 0 aromatic carbocycles. The lowest BCUT2D eigenvalue weighted by molar-refractivity contribution is -0.139. The number of nitrogens with two attached hydrogens (primary N) is 1. The smallest absolute Gasteiger partial charge is 0.421 e. The first-order chi connectivity index (χ1) is 11.8. The molecule has 1 atom stereocenters. The van der Waals surface area contributed by atoms with Gasteiger partial charge in [0.05, 0.1) is 12.8 Å². The van der Waals surface area contributed by atoms with Crippen LogP contribution in [0, 0.1) is 0 Å². The fraction of sp³-hybridized carbons (Fsp3) is 0.500. The minimum atomic E-state index is -4.56. The number of anilines is 1. The molecule has 1 aliphatic rings. The molecule has 0 unspecified atom stereocenters. The number of pyridine rings is 1. The highest BCUT2D eigenvalue weighted by Gasteiger charge is 2.36. The van der Waals surface area contributed by atoms with Crippen molar-refractivity contribution in [3.05, 3.63) is 22.7 Å². The minimum Gasteiger partial charge on any atom is -0.481 e. The predicted molar refractivity (Wildman–Crippen MR) is 90.4 cm³/mol. The number of nitrogens with zero attached hydrogens (tertiary/aromatic N) is 3. The molecule has 0 amide bonds. The van der Waals surface area contributed by atoms with Crippen LogP contribution in [-0.2, 0) is 12.7 Å². The van der Waals surface area contributed by atoms with Gasteiger partial charge in [0, 0.05) is 29.2 Å². The number of ether oxygens (including phenoxy) is 1. The van der Waals surface area contributed by atoms with Crippen LogP contribution < -0.4 is 10.5 Å². The lowest BCUT2D eigenvalue weighted by Gasteiger charge is -2.20. The van der Waals surface area contributed by atoms with E-state index in [4.69, 9.17) is 10.5 Å². The van der Waals surface area contributed by atoms with Crippen LogP contribution in [0.1, 0.15) is 30.2 Å². The number of aromatic nitrogens is 2. The van der Waals surface area contributed by atoms with Crippen LogP contribution >= 0.6 is 11.3 Å². The molecule has 2 aromatic heterocycles. The molecule has 9 heteroatoms. The van der Waals surface area contributed by atoms with Crippen molar-refractivity contribution in [2.45, 2.75) is 38.5 Å². The lowest BCUT2D eigenvalue weighted by atomic mass is 10.1. The largest absolute Gasteiger partial charge is 0.481 e. The van der Waals surface area contributed by atoms with Crippen molar-refractivity contribution in [1.29, 1.82) is 0 Å². The van der Waals surface area contributed by atoms with Crippen LogP contribution in [0.15, 0.2) is 12.3 Å². The molecule has 0 radical (unpaired) electrons. The highest BCUT2D eigenvalue weighted by Crippen LogP contribution is 2.39. The van der Waals surface area contributed by atoms with Crippen LogP contribution in [-0.4, -0.2) is 34.6 Å². The van der Waals surface area contributed by atoms with Gasteiger partial charge < -0.3 is 10.5 Å². The lowest BCUT2D eigenvalue weighted by Crippen LogP contribution is -2.25. The Bertz CT molecular complexity index is 762. The summed E-state index contributed by atoms with van der Waals surface area (Å²) in [4.78, 5) is 11.2. The molecule has 3 rings (SSSR count). The Kier molecular flexibility index (Phi) is 4.88. The minimum absolute atomic E-state index is 0.294. The van der Waals surface area contributed by atoms with Crippen molar-refractivity contribution in [3.63, 3.8) is 0 Å². The number of methoxy groups -OCH3 is 1. The highest BCUT2D eigenvalue weighted by molar-refractivity contribution is 7.15. The average Bonchev–Trinajstić information content (AvgIpc) is 3.12. The van der Waals surface area contributed by atoms with Crippen molar-refractivity contribution < 1.29 is 17.9 Å². The van der Waals surface area contributed by atoms with Crippen molar-refractivity contribution >= 4 is 16.5 Å². The quantitative estimate of drug-likeness (QED) is 0.884. The maximum absolute atomic E-state index is 13.2. The summed E-state index contributed by atoms with van der Waals surface area (Å²) in [5.41, 5.74) is 5.66. The molecule has 2 aromatic rings. The Morgan fingerprint density at radius 2 is 2.20 bits per heavy atom. The SMILES string of the molecule is COc1ncc(-c2nc(N)sc2CN2CCC[C@H]2C)cc1C(F)(F)F. The molecular formula is C16H19F3N4OS. The third-order valence-corrected chi connectivity index (χ3v) is 5.24. The van der Waals surface area contributed by atoms with Gasteiger partial charge in [-0.2, -0.15) is 13.2 Å². The van der Waals surface area contributed by atoms with E-state index in [0.29, 0.717) is 29.0 Å². The first-order valence-electron chi connectivity index (χ1n) is 7.90. The summed E-state index contributed by atoms with van der Waals surface area (Å²) in [6.07, 6.45) is -0.974. The number of hydrogen-bond acceptors (Lipinski definition) is 6. The van der Waals surface area contributed by atoms with Gasteiger partial charge >= 0.3 is 6.18 Å². The van der Waals surface area contributed by atoms with Gasteiger partial charge in [0.25, 0.3) is 0 Å². The number of likely N-dealkylation sites (tertiary alicyclic amines) is 1. The van der Waals surface area contributed by atoms with E-state index < -0.39 is 17.6 Å². The van der Waals surface area contributed by atoms with E-state index in [1.807, 2.05) is 0 Å². The van der Waals surface area contributed by atoms with E-state index in [-0.39, 0.29) is 0 Å². The molecule has 1 aliphatic heterocycles. The first kappa shape index (κ1) is 17.9. The van der Waals surface area contributed by atoms with E-state index in [2.05, 4.69) is 21.8 Å². The topological polar surface area (TPSA) is 64.3 Å². The Hall–Kier alpha value is -1.87. The van der Waals surface area contributed by atoms with Gasteiger partial charge in [-0.1, -0.05) is 0 Å². The number of halogens is 3. The Morgan fingerprint density at radius 3 is 2.80 bits per heavy atom. The molecular weight excluding hydrogens is 353 g/mol. The zero-order valence-electron chi connectivity index (χ0n) is 13.9. The highest BCUT2D eigenvalue weighted by atomic mass is 32.1. The van der Waals surface area contributed by atoms with Gasteiger partial charge in [-0.05, 0) is 32.4 Å². The molecule has 1 fully saturated rings. The van der Waals surface area contributed by atoms with Gasteiger partial charge in [-0.3, -0.25) is 4.90 Å². The van der Waals surface area contributed by atoms with Crippen LogP contribution in [0.5, 0.6) is 5.88 Å². The molecule has 0 bridgehead atoms. The van der Waals surface area contributed by atoms with Crippen molar-refractivity contribution in [1.82, 2.24) is 14.9 Å². The normalized spacial score (nSPS) is 18.7. The fourth-order valence-corrected chi connectivity index (χ4v) is 3.94. The molecule has 0 spiro atoms. The molecule has 3 heterocycles. The summed E-state index contributed by atoms with van der Waals surface area (Å²) in [6, 6.07) is 1.47. The number of alkyl halides is 3. The first-order valence-corrected chi connectivity index (χ1v) is 8.72. The van der Waals surface area contributed by atoms with Crippen LogP contribution in [0.3, 0.4) is 0 Å². The molecule has 0 saturated carbocycles. The average molecular weight is 372 g/mol. The van der Waals surface area contributed by atoms with Crippen molar-refractivity contribution in [2.24, 2.45) is 0 Å². The molecule has 25 heavy (non-hydrogen) atoms. The van der Waals surface area contributed by atoms with Crippen LogP contribution in [0.4, 0.5) is 18.3 Å². The molecule has 136 valence electrons. The third-order valence-electron chi connectivity index (χ3n) is 4.37. The van der Waals surface area contributed by atoms with E-state index in [9.17, 15) is 13.2 Å². The monoisotopic (exact) mass is 372 g/mol. The summed E-state index contributed by atoms with van der Waals surface area (Å²) < 4.78 is 44.5. The number of nitrogen functional groups attached to an aromatic ring is 1. The maximum Gasteiger partial charge on any atom is 0.421 e. The molecule has 5 nitrogen and oxygen atoms in total. The number of thiazole rings is 1. The van der Waals surface area contributed by atoms with Gasteiger partial charge in [-0.15, -0.1) is 11.3 Å². The van der Waals surface area contributed by atoms with Crippen molar-refractivity contribution in [3.8, 4) is 17.1 Å². The Morgan fingerprint density at radius 1 is 1.44 bits per heavy atom.